The second-order valence-electron chi connectivity index (χ2n) is 5.13. The third kappa shape index (κ3) is 3.47. The van der Waals surface area contributed by atoms with Gasteiger partial charge in [0, 0.05) is 24.8 Å². The Bertz CT molecular complexity index is 379. The molecule has 2 unspecified atom stereocenters. The minimum Gasteiger partial charge on any atom is -0.491 e. The number of hydrogen-bond acceptors (Lipinski definition) is 3. The highest BCUT2D eigenvalue weighted by Crippen LogP contribution is 2.20. The van der Waals surface area contributed by atoms with Crippen LogP contribution >= 0.6 is 0 Å². The summed E-state index contributed by atoms with van der Waals surface area (Å²) in [5.74, 6) is 0.978. The van der Waals surface area contributed by atoms with Crippen molar-refractivity contribution < 1.29 is 9.47 Å². The normalized spacial score (nSPS) is 23.6. The Morgan fingerprint density at radius 2 is 2.17 bits per heavy atom. The molecule has 0 aromatic heterocycles. The summed E-state index contributed by atoms with van der Waals surface area (Å²) in [6.07, 6.45) is 1.61. The summed E-state index contributed by atoms with van der Waals surface area (Å²) in [7, 11) is 0. The van der Waals surface area contributed by atoms with E-state index < -0.39 is 0 Å². The van der Waals surface area contributed by atoms with Gasteiger partial charge in [0.25, 0.3) is 0 Å². The molecule has 18 heavy (non-hydrogen) atoms. The fraction of sp³-hybridized carbons (Fsp3) is 0.600. The van der Waals surface area contributed by atoms with Crippen molar-refractivity contribution in [3.63, 3.8) is 0 Å². The number of benzene rings is 1. The number of rotatable bonds is 5. The second kappa shape index (κ2) is 6.21. The maximum atomic E-state index is 5.82. The maximum Gasteiger partial charge on any atom is 0.124 e. The average Bonchev–Trinajstić information content (AvgIpc) is 2.73. The van der Waals surface area contributed by atoms with E-state index in [1.165, 1.54) is 5.56 Å². The first kappa shape index (κ1) is 13.4. The van der Waals surface area contributed by atoms with Gasteiger partial charge in [-0.1, -0.05) is 18.2 Å². The van der Waals surface area contributed by atoms with E-state index in [0.29, 0.717) is 12.1 Å². The van der Waals surface area contributed by atoms with E-state index in [1.807, 2.05) is 12.1 Å². The Kier molecular flexibility index (Phi) is 4.61. The van der Waals surface area contributed by atoms with Gasteiger partial charge in [-0.15, -0.1) is 0 Å². The highest BCUT2D eigenvalue weighted by molar-refractivity contribution is 5.33. The Morgan fingerprint density at radius 1 is 1.39 bits per heavy atom. The van der Waals surface area contributed by atoms with Crippen molar-refractivity contribution in [3.05, 3.63) is 29.8 Å². The molecule has 0 aliphatic carbocycles. The third-order valence-corrected chi connectivity index (χ3v) is 3.27. The smallest absolute Gasteiger partial charge is 0.124 e. The highest BCUT2D eigenvalue weighted by Gasteiger charge is 2.23. The van der Waals surface area contributed by atoms with Crippen LogP contribution < -0.4 is 10.1 Å². The van der Waals surface area contributed by atoms with Gasteiger partial charge >= 0.3 is 0 Å². The van der Waals surface area contributed by atoms with Gasteiger partial charge < -0.3 is 14.8 Å². The Hall–Kier alpha value is -1.06. The largest absolute Gasteiger partial charge is 0.491 e. The molecule has 100 valence electrons. The SMILES string of the molecule is CC(C)Oc1ccccc1CNC1CCOC1C. The van der Waals surface area contributed by atoms with Crippen LogP contribution in [0.2, 0.25) is 0 Å². The maximum absolute atomic E-state index is 5.82. The standard InChI is InChI=1S/C15H23NO2/c1-11(2)18-15-7-5-4-6-13(15)10-16-14-8-9-17-12(14)3/h4-7,11-12,14,16H,8-10H2,1-3H3. The van der Waals surface area contributed by atoms with Gasteiger partial charge in [-0.3, -0.25) is 0 Å². The Morgan fingerprint density at radius 3 is 2.83 bits per heavy atom. The molecular weight excluding hydrogens is 226 g/mol. The second-order valence-corrected chi connectivity index (χ2v) is 5.13. The highest BCUT2D eigenvalue weighted by atomic mass is 16.5. The van der Waals surface area contributed by atoms with Gasteiger partial charge in [0.05, 0.1) is 12.2 Å². The van der Waals surface area contributed by atoms with Gasteiger partial charge in [-0.25, -0.2) is 0 Å². The number of ether oxygens (including phenoxy) is 2. The summed E-state index contributed by atoms with van der Waals surface area (Å²) in [5, 5.41) is 3.56. The van der Waals surface area contributed by atoms with E-state index in [-0.39, 0.29) is 6.10 Å². The van der Waals surface area contributed by atoms with Crippen LogP contribution in [0.25, 0.3) is 0 Å². The molecular formula is C15H23NO2. The van der Waals surface area contributed by atoms with Gasteiger partial charge in [0.1, 0.15) is 5.75 Å². The van der Waals surface area contributed by atoms with E-state index in [4.69, 9.17) is 9.47 Å². The number of nitrogens with one attached hydrogen (secondary N) is 1. The zero-order valence-electron chi connectivity index (χ0n) is 11.5. The molecule has 1 N–H and O–H groups in total. The fourth-order valence-corrected chi connectivity index (χ4v) is 2.26. The molecule has 0 spiro atoms. The van der Waals surface area contributed by atoms with Crippen molar-refractivity contribution >= 4 is 0 Å². The van der Waals surface area contributed by atoms with Gasteiger partial charge in [0.2, 0.25) is 0 Å². The van der Waals surface area contributed by atoms with E-state index in [9.17, 15) is 0 Å². The zero-order chi connectivity index (χ0) is 13.0. The molecule has 0 amide bonds. The molecule has 1 fully saturated rings. The van der Waals surface area contributed by atoms with Crippen molar-refractivity contribution in [1.29, 1.82) is 0 Å². The van der Waals surface area contributed by atoms with E-state index in [1.54, 1.807) is 0 Å². The molecule has 2 atom stereocenters. The Labute approximate surface area is 109 Å². The van der Waals surface area contributed by atoms with E-state index in [0.717, 1.165) is 25.3 Å². The summed E-state index contributed by atoms with van der Waals surface area (Å²) in [5.41, 5.74) is 1.21. The first-order valence-electron chi connectivity index (χ1n) is 6.76. The lowest BCUT2D eigenvalue weighted by atomic mass is 10.1. The summed E-state index contributed by atoms with van der Waals surface area (Å²) < 4.78 is 11.4. The van der Waals surface area contributed by atoms with Gasteiger partial charge in [-0.2, -0.15) is 0 Å². The van der Waals surface area contributed by atoms with E-state index >= 15 is 0 Å². The summed E-state index contributed by atoms with van der Waals surface area (Å²) in [6, 6.07) is 8.68. The van der Waals surface area contributed by atoms with Crippen LogP contribution in [-0.2, 0) is 11.3 Å². The van der Waals surface area contributed by atoms with Crippen LogP contribution in [0, 0.1) is 0 Å². The minimum absolute atomic E-state index is 0.208. The lowest BCUT2D eigenvalue weighted by molar-refractivity contribution is 0.113. The lowest BCUT2D eigenvalue weighted by Crippen LogP contribution is -2.34. The summed E-state index contributed by atoms with van der Waals surface area (Å²) >= 11 is 0. The molecule has 0 radical (unpaired) electrons. The van der Waals surface area contributed by atoms with Gasteiger partial charge in [-0.05, 0) is 33.3 Å². The summed E-state index contributed by atoms with van der Waals surface area (Å²) in [4.78, 5) is 0. The number of hydrogen-bond donors (Lipinski definition) is 1. The monoisotopic (exact) mass is 249 g/mol. The molecule has 0 bridgehead atoms. The van der Waals surface area contributed by atoms with Crippen LogP contribution in [0.1, 0.15) is 32.8 Å². The van der Waals surface area contributed by atoms with Gasteiger partial charge in [0.15, 0.2) is 0 Å². The first-order valence-corrected chi connectivity index (χ1v) is 6.76. The third-order valence-electron chi connectivity index (χ3n) is 3.27. The Balaban J connectivity index is 1.95. The first-order chi connectivity index (χ1) is 8.66. The predicted octanol–water partition coefficient (Wildman–Crippen LogP) is 2.74. The average molecular weight is 249 g/mol. The van der Waals surface area contributed by atoms with Crippen LogP contribution in [0.4, 0.5) is 0 Å². The molecule has 3 nitrogen and oxygen atoms in total. The topological polar surface area (TPSA) is 30.5 Å². The molecule has 3 heteroatoms. The minimum atomic E-state index is 0.208. The van der Waals surface area contributed by atoms with Crippen molar-refractivity contribution in [2.75, 3.05) is 6.61 Å². The fourth-order valence-electron chi connectivity index (χ4n) is 2.26. The number of para-hydroxylation sites is 1. The van der Waals surface area contributed by atoms with Crippen molar-refractivity contribution in [2.24, 2.45) is 0 Å². The molecule has 1 heterocycles. The van der Waals surface area contributed by atoms with Crippen LogP contribution in [0.5, 0.6) is 5.75 Å². The zero-order valence-corrected chi connectivity index (χ0v) is 11.5. The molecule has 2 rings (SSSR count). The molecule has 1 aliphatic rings. The quantitative estimate of drug-likeness (QED) is 0.870. The van der Waals surface area contributed by atoms with Crippen LogP contribution in [0.3, 0.4) is 0 Å². The predicted molar refractivity (Wildman–Crippen MR) is 72.9 cm³/mol. The lowest BCUT2D eigenvalue weighted by Gasteiger charge is -2.18. The summed E-state index contributed by atoms with van der Waals surface area (Å²) in [6.45, 7) is 7.93. The van der Waals surface area contributed by atoms with Crippen LogP contribution in [-0.4, -0.2) is 24.9 Å². The molecule has 1 saturated heterocycles. The molecule has 0 saturated carbocycles. The molecule has 1 aromatic carbocycles. The van der Waals surface area contributed by atoms with Crippen molar-refractivity contribution in [2.45, 2.75) is 52.0 Å². The van der Waals surface area contributed by atoms with Crippen molar-refractivity contribution in [1.82, 2.24) is 5.32 Å². The molecule has 1 aromatic rings. The van der Waals surface area contributed by atoms with Crippen molar-refractivity contribution in [3.8, 4) is 5.75 Å². The van der Waals surface area contributed by atoms with E-state index in [2.05, 4.69) is 38.2 Å². The molecule has 1 aliphatic heterocycles. The van der Waals surface area contributed by atoms with Crippen LogP contribution in [0.15, 0.2) is 24.3 Å².